The van der Waals surface area contributed by atoms with Crippen LogP contribution in [0.4, 0.5) is 5.82 Å². The number of anilines is 1. The van der Waals surface area contributed by atoms with E-state index in [1.165, 1.54) is 12.8 Å². The van der Waals surface area contributed by atoms with Gasteiger partial charge in [0.1, 0.15) is 17.1 Å². The van der Waals surface area contributed by atoms with E-state index in [9.17, 15) is 4.79 Å². The molecule has 0 spiro atoms. The fourth-order valence-electron chi connectivity index (χ4n) is 3.39. The highest BCUT2D eigenvalue weighted by Crippen LogP contribution is 2.27. The maximum Gasteiger partial charge on any atom is 0.260 e. The van der Waals surface area contributed by atoms with E-state index in [2.05, 4.69) is 17.0 Å². The fourth-order valence-corrected chi connectivity index (χ4v) is 3.39. The Bertz CT molecular complexity index is 753. The number of hydrogen-bond acceptors (Lipinski definition) is 5. The van der Waals surface area contributed by atoms with E-state index in [0.717, 1.165) is 29.8 Å². The Morgan fingerprint density at radius 3 is 2.68 bits per heavy atom. The summed E-state index contributed by atoms with van der Waals surface area (Å²) in [6.45, 7) is 4.61. The zero-order valence-electron chi connectivity index (χ0n) is 14.3. The first-order chi connectivity index (χ1) is 12.3. The van der Waals surface area contributed by atoms with E-state index >= 15 is 0 Å². The molecule has 1 aromatic heterocycles. The van der Waals surface area contributed by atoms with Crippen LogP contribution in [-0.4, -0.2) is 61.8 Å². The molecule has 0 aliphatic carbocycles. The molecule has 0 N–H and O–H groups in total. The smallest absolute Gasteiger partial charge is 0.260 e. The van der Waals surface area contributed by atoms with Crippen LogP contribution in [0.25, 0.3) is 10.9 Å². The van der Waals surface area contributed by atoms with Gasteiger partial charge in [0.25, 0.3) is 5.91 Å². The predicted octanol–water partition coefficient (Wildman–Crippen LogP) is 2.07. The van der Waals surface area contributed by atoms with Gasteiger partial charge >= 0.3 is 0 Å². The summed E-state index contributed by atoms with van der Waals surface area (Å²) in [5, 5.41) is 1.03. The van der Waals surface area contributed by atoms with Gasteiger partial charge in [-0.05, 0) is 31.0 Å². The van der Waals surface area contributed by atoms with Crippen molar-refractivity contribution in [2.75, 3.05) is 50.9 Å². The van der Waals surface area contributed by atoms with Crippen LogP contribution in [-0.2, 0) is 9.53 Å². The van der Waals surface area contributed by atoms with Gasteiger partial charge in [0.05, 0.1) is 13.2 Å². The van der Waals surface area contributed by atoms with Gasteiger partial charge in [-0.1, -0.05) is 12.1 Å². The summed E-state index contributed by atoms with van der Waals surface area (Å²) in [7, 11) is 0. The summed E-state index contributed by atoms with van der Waals surface area (Å²) < 4.78 is 11.1. The third-order valence-corrected chi connectivity index (χ3v) is 4.81. The molecule has 132 valence electrons. The maximum absolute atomic E-state index is 12.3. The summed E-state index contributed by atoms with van der Waals surface area (Å²) in [5.74, 6) is 1.65. The van der Waals surface area contributed by atoms with Gasteiger partial charge < -0.3 is 19.3 Å². The summed E-state index contributed by atoms with van der Waals surface area (Å²) in [4.78, 5) is 21.2. The van der Waals surface area contributed by atoms with Crippen LogP contribution < -0.4 is 9.64 Å². The Hall–Kier alpha value is -2.34. The van der Waals surface area contributed by atoms with Crippen LogP contribution >= 0.6 is 0 Å². The third-order valence-electron chi connectivity index (χ3n) is 4.81. The average molecular weight is 341 g/mol. The Labute approximate surface area is 147 Å². The lowest BCUT2D eigenvalue weighted by atomic mass is 10.2. The molecule has 1 aromatic carbocycles. The van der Waals surface area contributed by atoms with E-state index in [0.29, 0.717) is 32.1 Å². The molecule has 4 rings (SSSR count). The Balaban J connectivity index is 1.51. The molecule has 2 aliphatic heterocycles. The highest BCUT2D eigenvalue weighted by Gasteiger charge is 2.18. The SMILES string of the molecule is O=C(COc1cccc2ccc(N3CCCC3)nc12)N1CCOCC1. The van der Waals surface area contributed by atoms with Crippen molar-refractivity contribution in [3.63, 3.8) is 0 Å². The fraction of sp³-hybridized carbons (Fsp3) is 0.474. The van der Waals surface area contributed by atoms with Crippen molar-refractivity contribution < 1.29 is 14.3 Å². The number of hydrogen-bond donors (Lipinski definition) is 0. The number of carbonyl (C=O) groups is 1. The lowest BCUT2D eigenvalue weighted by molar-refractivity contribution is -0.137. The standard InChI is InChI=1S/C19H23N3O3/c23-18(22-10-12-24-13-11-22)14-25-16-5-3-4-15-6-7-17(20-19(15)16)21-8-1-2-9-21/h3-7H,1-2,8-14H2. The molecule has 2 aromatic rings. The first-order valence-corrected chi connectivity index (χ1v) is 8.94. The predicted molar refractivity (Wildman–Crippen MR) is 96.1 cm³/mol. The van der Waals surface area contributed by atoms with Gasteiger partial charge in [0, 0.05) is 31.6 Å². The van der Waals surface area contributed by atoms with E-state index in [1.807, 2.05) is 18.2 Å². The molecule has 25 heavy (non-hydrogen) atoms. The van der Waals surface area contributed by atoms with Gasteiger partial charge in [0.15, 0.2) is 6.61 Å². The summed E-state index contributed by atoms with van der Waals surface area (Å²) >= 11 is 0. The highest BCUT2D eigenvalue weighted by molar-refractivity contribution is 5.86. The third kappa shape index (κ3) is 3.54. The number of ether oxygens (including phenoxy) is 2. The van der Waals surface area contributed by atoms with Crippen LogP contribution in [0.5, 0.6) is 5.75 Å². The Morgan fingerprint density at radius 2 is 1.88 bits per heavy atom. The quantitative estimate of drug-likeness (QED) is 0.852. The first kappa shape index (κ1) is 16.1. The minimum Gasteiger partial charge on any atom is -0.481 e. The number of carbonyl (C=O) groups excluding carboxylic acids is 1. The highest BCUT2D eigenvalue weighted by atomic mass is 16.5. The monoisotopic (exact) mass is 341 g/mol. The molecule has 0 saturated carbocycles. The minimum atomic E-state index is -0.00370. The molecule has 0 atom stereocenters. The average Bonchev–Trinajstić information content (AvgIpc) is 3.21. The molecule has 0 radical (unpaired) electrons. The largest absolute Gasteiger partial charge is 0.481 e. The van der Waals surface area contributed by atoms with Crippen molar-refractivity contribution in [1.82, 2.24) is 9.88 Å². The number of rotatable bonds is 4. The minimum absolute atomic E-state index is 0.00370. The van der Waals surface area contributed by atoms with Gasteiger partial charge in [0.2, 0.25) is 0 Å². The number of amides is 1. The molecular formula is C19H23N3O3. The molecule has 2 aliphatic rings. The number of para-hydroxylation sites is 1. The zero-order chi connectivity index (χ0) is 17.1. The lowest BCUT2D eigenvalue weighted by Gasteiger charge is -2.26. The van der Waals surface area contributed by atoms with Crippen molar-refractivity contribution in [3.05, 3.63) is 30.3 Å². The van der Waals surface area contributed by atoms with E-state index < -0.39 is 0 Å². The number of benzene rings is 1. The van der Waals surface area contributed by atoms with E-state index in [-0.39, 0.29) is 12.5 Å². The molecule has 3 heterocycles. The normalized spacial score (nSPS) is 17.9. The lowest BCUT2D eigenvalue weighted by Crippen LogP contribution is -2.43. The number of morpholine rings is 1. The van der Waals surface area contributed by atoms with Crippen LogP contribution in [0.2, 0.25) is 0 Å². The molecule has 2 fully saturated rings. The van der Waals surface area contributed by atoms with Crippen molar-refractivity contribution in [2.45, 2.75) is 12.8 Å². The number of fused-ring (bicyclic) bond motifs is 1. The van der Waals surface area contributed by atoms with Gasteiger partial charge in [-0.2, -0.15) is 0 Å². The summed E-state index contributed by atoms with van der Waals surface area (Å²) in [6.07, 6.45) is 2.43. The van der Waals surface area contributed by atoms with Crippen LogP contribution in [0.15, 0.2) is 30.3 Å². The van der Waals surface area contributed by atoms with Crippen molar-refractivity contribution in [1.29, 1.82) is 0 Å². The second-order valence-electron chi connectivity index (χ2n) is 6.47. The molecule has 2 saturated heterocycles. The topological polar surface area (TPSA) is 54.9 Å². The molecular weight excluding hydrogens is 318 g/mol. The van der Waals surface area contributed by atoms with E-state index in [4.69, 9.17) is 14.5 Å². The van der Waals surface area contributed by atoms with Crippen molar-refractivity contribution >= 4 is 22.6 Å². The number of pyridine rings is 1. The van der Waals surface area contributed by atoms with Crippen molar-refractivity contribution in [3.8, 4) is 5.75 Å². The number of nitrogens with zero attached hydrogens (tertiary/aromatic N) is 3. The van der Waals surface area contributed by atoms with Crippen molar-refractivity contribution in [2.24, 2.45) is 0 Å². The second-order valence-corrected chi connectivity index (χ2v) is 6.47. The van der Waals surface area contributed by atoms with Crippen LogP contribution in [0.3, 0.4) is 0 Å². The molecule has 1 amide bonds. The molecule has 0 unspecified atom stereocenters. The molecule has 6 nitrogen and oxygen atoms in total. The van der Waals surface area contributed by atoms with Gasteiger partial charge in [-0.25, -0.2) is 4.98 Å². The zero-order valence-corrected chi connectivity index (χ0v) is 14.3. The van der Waals surface area contributed by atoms with Gasteiger partial charge in [-0.3, -0.25) is 4.79 Å². The molecule has 0 bridgehead atoms. The Morgan fingerprint density at radius 1 is 1.08 bits per heavy atom. The molecule has 6 heteroatoms. The van der Waals surface area contributed by atoms with Crippen LogP contribution in [0.1, 0.15) is 12.8 Å². The summed E-state index contributed by atoms with van der Waals surface area (Å²) in [6, 6.07) is 9.99. The number of aromatic nitrogens is 1. The maximum atomic E-state index is 12.3. The summed E-state index contributed by atoms with van der Waals surface area (Å²) in [5.41, 5.74) is 0.821. The van der Waals surface area contributed by atoms with Gasteiger partial charge in [-0.15, -0.1) is 0 Å². The Kier molecular flexibility index (Phi) is 4.70. The first-order valence-electron chi connectivity index (χ1n) is 8.94. The second kappa shape index (κ2) is 7.27. The van der Waals surface area contributed by atoms with Crippen LogP contribution in [0, 0.1) is 0 Å². The van der Waals surface area contributed by atoms with E-state index in [1.54, 1.807) is 4.90 Å².